The van der Waals surface area contributed by atoms with Gasteiger partial charge in [0.2, 0.25) is 0 Å². The Kier molecular flexibility index (Phi) is 5.24. The molecule has 116 valence electrons. The van der Waals surface area contributed by atoms with Crippen molar-refractivity contribution >= 4 is 5.57 Å². The lowest BCUT2D eigenvalue weighted by atomic mass is 9.96. The molecule has 0 N–H and O–H groups in total. The van der Waals surface area contributed by atoms with Crippen LogP contribution < -0.4 is 0 Å². The fraction of sp³-hybridized carbons (Fsp3) is 0.286. The molecular formula is C21H22N2. The van der Waals surface area contributed by atoms with Gasteiger partial charge in [0.1, 0.15) is 0 Å². The fourth-order valence-electron chi connectivity index (χ4n) is 3.07. The second kappa shape index (κ2) is 7.76. The normalized spacial score (nSPS) is 15.0. The summed E-state index contributed by atoms with van der Waals surface area (Å²) in [5.41, 5.74) is 5.31. The van der Waals surface area contributed by atoms with Crippen LogP contribution in [0.15, 0.2) is 60.7 Å². The Bertz CT molecular complexity index is 693. The van der Waals surface area contributed by atoms with Crippen LogP contribution in [-0.4, -0.2) is 24.5 Å². The maximum atomic E-state index is 8.61. The van der Waals surface area contributed by atoms with E-state index in [0.717, 1.165) is 32.5 Å². The van der Waals surface area contributed by atoms with Gasteiger partial charge in [-0.1, -0.05) is 60.7 Å². The molecule has 0 bridgehead atoms. The molecule has 2 nitrogen and oxygen atoms in total. The summed E-state index contributed by atoms with van der Waals surface area (Å²) < 4.78 is 0. The van der Waals surface area contributed by atoms with Crippen LogP contribution in [-0.2, 0) is 0 Å². The highest BCUT2D eigenvalue weighted by atomic mass is 15.1. The molecule has 2 aromatic carbocycles. The fourth-order valence-corrected chi connectivity index (χ4v) is 3.07. The summed E-state index contributed by atoms with van der Waals surface area (Å²) in [5, 5.41) is 8.61. The molecule has 0 fully saturated rings. The van der Waals surface area contributed by atoms with Crippen LogP contribution in [0.4, 0.5) is 0 Å². The maximum absolute atomic E-state index is 8.61. The first kappa shape index (κ1) is 15.5. The zero-order chi connectivity index (χ0) is 15.9. The molecule has 1 aliphatic heterocycles. The summed E-state index contributed by atoms with van der Waals surface area (Å²) in [7, 11) is 0. The number of hydrogen-bond donors (Lipinski definition) is 0. The van der Waals surface area contributed by atoms with Crippen molar-refractivity contribution in [2.45, 2.75) is 19.3 Å². The van der Waals surface area contributed by atoms with E-state index in [4.69, 9.17) is 5.26 Å². The number of unbranched alkanes of at least 4 members (excludes halogenated alkanes) is 1. The molecule has 0 unspecified atom stereocenters. The molecule has 1 heterocycles. The number of nitrogens with zero attached hydrogens (tertiary/aromatic N) is 2. The molecule has 0 spiro atoms. The molecule has 0 saturated heterocycles. The molecule has 2 aromatic rings. The van der Waals surface area contributed by atoms with Crippen LogP contribution in [0.25, 0.3) is 16.7 Å². The predicted molar refractivity (Wildman–Crippen MR) is 95.8 cm³/mol. The molecular weight excluding hydrogens is 280 g/mol. The predicted octanol–water partition coefficient (Wildman–Crippen LogP) is 4.75. The van der Waals surface area contributed by atoms with E-state index in [1.165, 1.54) is 22.3 Å². The van der Waals surface area contributed by atoms with Crippen LogP contribution in [0.2, 0.25) is 0 Å². The molecule has 2 heteroatoms. The van der Waals surface area contributed by atoms with Crippen molar-refractivity contribution in [2.24, 2.45) is 0 Å². The van der Waals surface area contributed by atoms with E-state index in [9.17, 15) is 0 Å². The second-order valence-electron chi connectivity index (χ2n) is 5.99. The van der Waals surface area contributed by atoms with Crippen molar-refractivity contribution in [2.75, 3.05) is 19.6 Å². The van der Waals surface area contributed by atoms with E-state index in [2.05, 4.69) is 65.6 Å². The molecule has 0 amide bonds. The topological polar surface area (TPSA) is 27.0 Å². The first-order valence-corrected chi connectivity index (χ1v) is 8.31. The van der Waals surface area contributed by atoms with Gasteiger partial charge in [-0.05, 0) is 41.6 Å². The Morgan fingerprint density at radius 2 is 1.61 bits per heavy atom. The lowest BCUT2D eigenvalue weighted by Crippen LogP contribution is -2.29. The summed E-state index contributed by atoms with van der Waals surface area (Å²) in [6.07, 6.45) is 5.07. The van der Waals surface area contributed by atoms with Gasteiger partial charge >= 0.3 is 0 Å². The number of benzene rings is 2. The third kappa shape index (κ3) is 4.09. The lowest BCUT2D eigenvalue weighted by Gasteiger charge is -2.26. The van der Waals surface area contributed by atoms with Gasteiger partial charge in [-0.3, -0.25) is 4.90 Å². The molecule has 1 aliphatic rings. The summed E-state index contributed by atoms with van der Waals surface area (Å²) in [6, 6.07) is 21.6. The van der Waals surface area contributed by atoms with Gasteiger partial charge in [0, 0.05) is 19.5 Å². The summed E-state index contributed by atoms with van der Waals surface area (Å²) >= 11 is 0. The van der Waals surface area contributed by atoms with Crippen LogP contribution in [0.3, 0.4) is 0 Å². The smallest absolute Gasteiger partial charge is 0.0622 e. The third-order valence-electron chi connectivity index (χ3n) is 4.42. The quantitative estimate of drug-likeness (QED) is 0.745. The van der Waals surface area contributed by atoms with Gasteiger partial charge < -0.3 is 0 Å². The van der Waals surface area contributed by atoms with E-state index in [1.807, 2.05) is 6.07 Å². The molecule has 0 saturated carbocycles. The van der Waals surface area contributed by atoms with Gasteiger partial charge in [0.25, 0.3) is 0 Å². The molecule has 0 atom stereocenters. The van der Waals surface area contributed by atoms with Crippen molar-refractivity contribution in [3.63, 3.8) is 0 Å². The summed E-state index contributed by atoms with van der Waals surface area (Å²) in [4.78, 5) is 2.43. The molecule has 3 rings (SSSR count). The zero-order valence-corrected chi connectivity index (χ0v) is 13.4. The van der Waals surface area contributed by atoms with Crippen molar-refractivity contribution in [1.82, 2.24) is 4.90 Å². The Hall–Kier alpha value is -2.37. The first-order valence-electron chi connectivity index (χ1n) is 8.31. The minimum Gasteiger partial charge on any atom is -0.299 e. The Morgan fingerprint density at radius 1 is 0.913 bits per heavy atom. The number of nitriles is 1. The Morgan fingerprint density at radius 3 is 2.26 bits per heavy atom. The summed E-state index contributed by atoms with van der Waals surface area (Å²) in [6.45, 7) is 3.13. The molecule has 0 aliphatic carbocycles. The highest BCUT2D eigenvalue weighted by Gasteiger charge is 2.12. The zero-order valence-electron chi connectivity index (χ0n) is 13.4. The van der Waals surface area contributed by atoms with Crippen LogP contribution in [0, 0.1) is 11.3 Å². The average Bonchev–Trinajstić information content (AvgIpc) is 2.63. The maximum Gasteiger partial charge on any atom is 0.0622 e. The van der Waals surface area contributed by atoms with Crippen molar-refractivity contribution in [3.05, 3.63) is 66.2 Å². The van der Waals surface area contributed by atoms with Crippen LogP contribution in [0.5, 0.6) is 0 Å². The SMILES string of the molecule is N#CCCCN1CC=C(c2ccc(-c3ccccc3)cc2)CC1. The largest absolute Gasteiger partial charge is 0.299 e. The monoisotopic (exact) mass is 302 g/mol. The standard InChI is InChI=1S/C21H22N2/c22-14-4-5-15-23-16-12-21(13-17-23)20-10-8-19(9-11-20)18-6-2-1-3-7-18/h1-3,6-12H,4-5,13,15-17H2. The minimum absolute atomic E-state index is 0.661. The van der Waals surface area contributed by atoms with Gasteiger partial charge in [-0.2, -0.15) is 5.26 Å². The Labute approximate surface area is 138 Å². The number of rotatable bonds is 5. The Balaban J connectivity index is 1.63. The van der Waals surface area contributed by atoms with Crippen molar-refractivity contribution in [3.8, 4) is 17.2 Å². The van der Waals surface area contributed by atoms with Crippen LogP contribution >= 0.6 is 0 Å². The van der Waals surface area contributed by atoms with Crippen LogP contribution in [0.1, 0.15) is 24.8 Å². The first-order chi connectivity index (χ1) is 11.4. The highest BCUT2D eigenvalue weighted by Crippen LogP contribution is 2.26. The van der Waals surface area contributed by atoms with E-state index in [-0.39, 0.29) is 0 Å². The molecule has 0 aromatic heterocycles. The molecule has 23 heavy (non-hydrogen) atoms. The number of hydrogen-bond acceptors (Lipinski definition) is 2. The van der Waals surface area contributed by atoms with Crippen molar-refractivity contribution in [1.29, 1.82) is 5.26 Å². The van der Waals surface area contributed by atoms with Crippen molar-refractivity contribution < 1.29 is 0 Å². The van der Waals surface area contributed by atoms with E-state index in [0.29, 0.717) is 6.42 Å². The van der Waals surface area contributed by atoms with E-state index < -0.39 is 0 Å². The van der Waals surface area contributed by atoms with Gasteiger partial charge in [0.05, 0.1) is 6.07 Å². The lowest BCUT2D eigenvalue weighted by molar-refractivity contribution is 0.299. The highest BCUT2D eigenvalue weighted by molar-refractivity contribution is 5.71. The van der Waals surface area contributed by atoms with Gasteiger partial charge in [-0.15, -0.1) is 0 Å². The van der Waals surface area contributed by atoms with E-state index >= 15 is 0 Å². The second-order valence-corrected chi connectivity index (χ2v) is 5.99. The van der Waals surface area contributed by atoms with Gasteiger partial charge in [-0.25, -0.2) is 0 Å². The van der Waals surface area contributed by atoms with Gasteiger partial charge in [0.15, 0.2) is 0 Å². The minimum atomic E-state index is 0.661. The summed E-state index contributed by atoms with van der Waals surface area (Å²) in [5.74, 6) is 0. The third-order valence-corrected chi connectivity index (χ3v) is 4.42. The van der Waals surface area contributed by atoms with E-state index in [1.54, 1.807) is 0 Å². The average molecular weight is 302 g/mol. The molecule has 0 radical (unpaired) electrons.